The smallest absolute Gasteiger partial charge is 0.0637 e. The maximum Gasteiger partial charge on any atom is 0.0637 e. The normalized spacial score (nSPS) is 10.4. The third-order valence-electron chi connectivity index (χ3n) is 2.47. The maximum atomic E-state index is 5.10. The van der Waals surface area contributed by atoms with E-state index < -0.39 is 0 Å². The van der Waals surface area contributed by atoms with Crippen molar-refractivity contribution < 1.29 is 4.74 Å². The second kappa shape index (κ2) is 7.19. The van der Waals surface area contributed by atoms with E-state index in [0.29, 0.717) is 0 Å². The van der Waals surface area contributed by atoms with Gasteiger partial charge in [-0.3, -0.25) is 4.98 Å². The lowest BCUT2D eigenvalue weighted by Crippen LogP contribution is -2.27. The standard InChI is InChI=1S/C12H21N3O/c1-4-15(7-8-16-3)12-5-6-14-11(9-12)10-13-2/h5-6,9,13H,4,7-8,10H2,1-3H3. The highest BCUT2D eigenvalue weighted by Crippen LogP contribution is 2.13. The van der Waals surface area contributed by atoms with E-state index in [9.17, 15) is 0 Å². The number of nitrogens with zero attached hydrogens (tertiary/aromatic N) is 2. The lowest BCUT2D eigenvalue weighted by atomic mass is 10.3. The van der Waals surface area contributed by atoms with Gasteiger partial charge in [0.25, 0.3) is 0 Å². The van der Waals surface area contributed by atoms with Crippen molar-refractivity contribution in [2.75, 3.05) is 38.8 Å². The predicted molar refractivity (Wildman–Crippen MR) is 66.8 cm³/mol. The summed E-state index contributed by atoms with van der Waals surface area (Å²) in [5, 5.41) is 3.11. The maximum absolute atomic E-state index is 5.10. The number of ether oxygens (including phenoxy) is 1. The molecule has 90 valence electrons. The molecule has 1 N–H and O–H groups in total. The molecule has 0 aliphatic carbocycles. The van der Waals surface area contributed by atoms with Crippen LogP contribution in [0.3, 0.4) is 0 Å². The summed E-state index contributed by atoms with van der Waals surface area (Å²) in [5.41, 5.74) is 2.27. The lowest BCUT2D eigenvalue weighted by Gasteiger charge is -2.22. The van der Waals surface area contributed by atoms with Gasteiger partial charge in [-0.05, 0) is 26.1 Å². The molecule has 0 aliphatic heterocycles. The Morgan fingerprint density at radius 2 is 2.31 bits per heavy atom. The van der Waals surface area contributed by atoms with E-state index in [-0.39, 0.29) is 0 Å². The van der Waals surface area contributed by atoms with Gasteiger partial charge in [0.05, 0.1) is 12.3 Å². The monoisotopic (exact) mass is 223 g/mol. The van der Waals surface area contributed by atoms with Crippen LogP contribution in [-0.2, 0) is 11.3 Å². The summed E-state index contributed by atoms with van der Waals surface area (Å²) in [4.78, 5) is 6.59. The molecule has 4 heteroatoms. The van der Waals surface area contributed by atoms with Gasteiger partial charge in [-0.1, -0.05) is 0 Å². The van der Waals surface area contributed by atoms with Gasteiger partial charge in [-0.25, -0.2) is 0 Å². The Labute approximate surface area is 97.6 Å². The fourth-order valence-corrected chi connectivity index (χ4v) is 1.61. The first-order chi connectivity index (χ1) is 7.81. The number of methoxy groups -OCH3 is 1. The van der Waals surface area contributed by atoms with E-state index in [4.69, 9.17) is 4.74 Å². The molecule has 0 aromatic carbocycles. The Balaban J connectivity index is 2.71. The number of pyridine rings is 1. The first kappa shape index (κ1) is 12.9. The number of nitrogens with one attached hydrogen (secondary N) is 1. The highest BCUT2D eigenvalue weighted by Gasteiger charge is 2.04. The highest BCUT2D eigenvalue weighted by atomic mass is 16.5. The molecule has 0 spiro atoms. The summed E-state index contributed by atoms with van der Waals surface area (Å²) in [6.45, 7) is 5.59. The minimum Gasteiger partial charge on any atom is -0.383 e. The molecule has 1 rings (SSSR count). The first-order valence-electron chi connectivity index (χ1n) is 5.65. The Bertz CT molecular complexity index is 304. The van der Waals surface area contributed by atoms with Crippen molar-refractivity contribution in [3.05, 3.63) is 24.0 Å². The number of hydrogen-bond acceptors (Lipinski definition) is 4. The fraction of sp³-hybridized carbons (Fsp3) is 0.583. The zero-order chi connectivity index (χ0) is 11.8. The zero-order valence-electron chi connectivity index (χ0n) is 10.4. The molecule has 1 aromatic rings. The molecule has 0 saturated carbocycles. The van der Waals surface area contributed by atoms with Gasteiger partial charge in [0.15, 0.2) is 0 Å². The molecule has 0 aliphatic rings. The summed E-state index contributed by atoms with van der Waals surface area (Å²) in [6, 6.07) is 4.16. The van der Waals surface area contributed by atoms with E-state index in [1.807, 2.05) is 19.3 Å². The van der Waals surface area contributed by atoms with Gasteiger partial charge in [0, 0.05) is 38.6 Å². The molecule has 0 radical (unpaired) electrons. The summed E-state index contributed by atoms with van der Waals surface area (Å²) < 4.78 is 5.10. The number of rotatable bonds is 7. The van der Waals surface area contributed by atoms with Crippen LogP contribution in [0.2, 0.25) is 0 Å². The van der Waals surface area contributed by atoms with Crippen molar-refractivity contribution in [2.45, 2.75) is 13.5 Å². The molecule has 16 heavy (non-hydrogen) atoms. The molecule has 0 atom stereocenters. The van der Waals surface area contributed by atoms with E-state index >= 15 is 0 Å². The van der Waals surface area contributed by atoms with Crippen molar-refractivity contribution >= 4 is 5.69 Å². The summed E-state index contributed by atoms with van der Waals surface area (Å²) in [6.07, 6.45) is 1.86. The predicted octanol–water partition coefficient (Wildman–Crippen LogP) is 1.27. The van der Waals surface area contributed by atoms with Crippen molar-refractivity contribution in [3.63, 3.8) is 0 Å². The molecule has 0 amide bonds. The van der Waals surface area contributed by atoms with Crippen LogP contribution in [0.4, 0.5) is 5.69 Å². The van der Waals surface area contributed by atoms with Crippen LogP contribution in [0.1, 0.15) is 12.6 Å². The van der Waals surface area contributed by atoms with Crippen LogP contribution in [0.5, 0.6) is 0 Å². The Kier molecular flexibility index (Phi) is 5.82. The molecular formula is C12H21N3O. The van der Waals surface area contributed by atoms with Crippen molar-refractivity contribution in [1.82, 2.24) is 10.3 Å². The van der Waals surface area contributed by atoms with Crippen molar-refractivity contribution in [1.29, 1.82) is 0 Å². The summed E-state index contributed by atoms with van der Waals surface area (Å²) >= 11 is 0. The highest BCUT2D eigenvalue weighted by molar-refractivity contribution is 5.46. The molecule has 4 nitrogen and oxygen atoms in total. The number of aromatic nitrogens is 1. The lowest BCUT2D eigenvalue weighted by molar-refractivity contribution is 0.205. The minimum absolute atomic E-state index is 0.748. The molecule has 0 bridgehead atoms. The van der Waals surface area contributed by atoms with Crippen LogP contribution in [0.25, 0.3) is 0 Å². The van der Waals surface area contributed by atoms with Crippen LogP contribution in [0.15, 0.2) is 18.3 Å². The number of anilines is 1. The van der Waals surface area contributed by atoms with Gasteiger partial charge in [0.1, 0.15) is 0 Å². The number of likely N-dealkylation sites (N-methyl/N-ethyl adjacent to an activating group) is 1. The Hall–Kier alpha value is -1.13. The molecule has 1 aromatic heterocycles. The van der Waals surface area contributed by atoms with Crippen LogP contribution < -0.4 is 10.2 Å². The van der Waals surface area contributed by atoms with Crippen LogP contribution >= 0.6 is 0 Å². The topological polar surface area (TPSA) is 37.4 Å². The average Bonchev–Trinajstić information content (AvgIpc) is 2.31. The third-order valence-corrected chi connectivity index (χ3v) is 2.47. The van der Waals surface area contributed by atoms with E-state index in [2.05, 4.69) is 28.2 Å². The van der Waals surface area contributed by atoms with Crippen LogP contribution in [-0.4, -0.2) is 38.8 Å². The minimum atomic E-state index is 0.748. The molecule has 0 saturated heterocycles. The fourth-order valence-electron chi connectivity index (χ4n) is 1.61. The van der Waals surface area contributed by atoms with Gasteiger partial charge in [-0.2, -0.15) is 0 Å². The molecule has 1 heterocycles. The van der Waals surface area contributed by atoms with Gasteiger partial charge >= 0.3 is 0 Å². The second-order valence-corrected chi connectivity index (χ2v) is 3.61. The average molecular weight is 223 g/mol. The number of hydrogen-bond donors (Lipinski definition) is 1. The molecular weight excluding hydrogens is 202 g/mol. The van der Waals surface area contributed by atoms with E-state index in [1.54, 1.807) is 7.11 Å². The Morgan fingerprint density at radius 1 is 1.50 bits per heavy atom. The van der Waals surface area contributed by atoms with Gasteiger partial charge in [0.2, 0.25) is 0 Å². The second-order valence-electron chi connectivity index (χ2n) is 3.61. The van der Waals surface area contributed by atoms with Gasteiger partial charge < -0.3 is 15.0 Å². The van der Waals surface area contributed by atoms with E-state index in [0.717, 1.165) is 31.9 Å². The SMILES string of the molecule is CCN(CCOC)c1ccnc(CNC)c1. The Morgan fingerprint density at radius 3 is 2.94 bits per heavy atom. The summed E-state index contributed by atoms with van der Waals surface area (Å²) in [7, 11) is 3.66. The molecule has 0 unspecified atom stereocenters. The largest absolute Gasteiger partial charge is 0.383 e. The van der Waals surface area contributed by atoms with Crippen molar-refractivity contribution in [2.24, 2.45) is 0 Å². The van der Waals surface area contributed by atoms with Crippen molar-refractivity contribution in [3.8, 4) is 0 Å². The molecule has 0 fully saturated rings. The van der Waals surface area contributed by atoms with Crippen LogP contribution in [0, 0.1) is 0 Å². The third kappa shape index (κ3) is 3.79. The first-order valence-corrected chi connectivity index (χ1v) is 5.65. The zero-order valence-corrected chi connectivity index (χ0v) is 10.4. The van der Waals surface area contributed by atoms with Gasteiger partial charge in [-0.15, -0.1) is 0 Å². The van der Waals surface area contributed by atoms with E-state index in [1.165, 1.54) is 5.69 Å². The summed E-state index contributed by atoms with van der Waals surface area (Å²) in [5.74, 6) is 0. The quantitative estimate of drug-likeness (QED) is 0.755.